The molecule has 1 aliphatic rings. The Bertz CT molecular complexity index is 462. The summed E-state index contributed by atoms with van der Waals surface area (Å²) in [5.41, 5.74) is 1.02. The highest BCUT2D eigenvalue weighted by Crippen LogP contribution is 2.20. The summed E-state index contributed by atoms with van der Waals surface area (Å²) in [5, 5.41) is 10.1. The number of hydrogen-bond donors (Lipinski definition) is 1. The molecule has 130 valence electrons. The lowest BCUT2D eigenvalue weighted by molar-refractivity contribution is -0.0563. The minimum atomic E-state index is -0.429. The van der Waals surface area contributed by atoms with Crippen LogP contribution in [0.5, 0.6) is 5.75 Å². The van der Waals surface area contributed by atoms with E-state index in [1.54, 1.807) is 7.11 Å². The Balaban J connectivity index is 1.74. The Labute approximate surface area is 139 Å². The molecule has 0 aromatic heterocycles. The molecule has 0 spiro atoms. The Morgan fingerprint density at radius 3 is 2.22 bits per heavy atom. The molecule has 1 aromatic rings. The number of aliphatic hydroxyl groups excluding tert-OH is 1. The summed E-state index contributed by atoms with van der Waals surface area (Å²) < 4.78 is 10.8. The first-order valence-electron chi connectivity index (χ1n) is 8.31. The van der Waals surface area contributed by atoms with Gasteiger partial charge in [0.15, 0.2) is 0 Å². The van der Waals surface area contributed by atoms with Gasteiger partial charge in [-0.25, -0.2) is 0 Å². The van der Waals surface area contributed by atoms with E-state index in [0.717, 1.165) is 31.9 Å². The molecule has 0 saturated carbocycles. The SMILES string of the molecule is COc1ccc(N2CCN(C[C@H](O)COC(C)(C)C)CC2)cc1. The van der Waals surface area contributed by atoms with Gasteiger partial charge in [0, 0.05) is 38.4 Å². The van der Waals surface area contributed by atoms with Crippen molar-refractivity contribution in [1.29, 1.82) is 0 Å². The average molecular weight is 322 g/mol. The lowest BCUT2D eigenvalue weighted by Crippen LogP contribution is -2.49. The number of anilines is 1. The van der Waals surface area contributed by atoms with E-state index in [-0.39, 0.29) is 5.60 Å². The first-order valence-corrected chi connectivity index (χ1v) is 8.31. The summed E-state index contributed by atoms with van der Waals surface area (Å²) in [4.78, 5) is 4.67. The van der Waals surface area contributed by atoms with Crippen LogP contribution in [0.15, 0.2) is 24.3 Å². The third-order valence-electron chi connectivity index (χ3n) is 3.99. The lowest BCUT2D eigenvalue weighted by atomic mass is 10.2. The molecule has 1 saturated heterocycles. The average Bonchev–Trinajstić information content (AvgIpc) is 2.53. The van der Waals surface area contributed by atoms with Crippen LogP contribution in [0, 0.1) is 0 Å². The zero-order valence-electron chi connectivity index (χ0n) is 14.8. The summed E-state index contributed by atoms with van der Waals surface area (Å²) in [5.74, 6) is 0.884. The van der Waals surface area contributed by atoms with Gasteiger partial charge in [-0.1, -0.05) is 0 Å². The van der Waals surface area contributed by atoms with Crippen LogP contribution in [-0.4, -0.2) is 68.2 Å². The number of rotatable bonds is 6. The summed E-state index contributed by atoms with van der Waals surface area (Å²) in [6.07, 6.45) is -0.429. The number of ether oxygens (including phenoxy) is 2. The number of methoxy groups -OCH3 is 1. The minimum absolute atomic E-state index is 0.200. The second kappa shape index (κ2) is 7.99. The Kier molecular flexibility index (Phi) is 6.27. The highest BCUT2D eigenvalue weighted by molar-refractivity contribution is 5.49. The summed E-state index contributed by atoms with van der Waals surface area (Å²) in [6.45, 7) is 10.9. The number of piperazine rings is 1. The maximum atomic E-state index is 10.1. The predicted octanol–water partition coefficient (Wildman–Crippen LogP) is 1.99. The van der Waals surface area contributed by atoms with Gasteiger partial charge in [-0.15, -0.1) is 0 Å². The van der Waals surface area contributed by atoms with Gasteiger partial charge in [0.25, 0.3) is 0 Å². The van der Waals surface area contributed by atoms with Gasteiger partial charge in [-0.2, -0.15) is 0 Å². The van der Waals surface area contributed by atoms with Crippen LogP contribution in [-0.2, 0) is 4.74 Å². The Morgan fingerprint density at radius 2 is 1.70 bits per heavy atom. The third kappa shape index (κ3) is 6.01. The van der Waals surface area contributed by atoms with Crippen molar-refractivity contribution in [2.75, 3.05) is 51.3 Å². The zero-order valence-corrected chi connectivity index (χ0v) is 14.8. The van der Waals surface area contributed by atoms with Gasteiger partial charge < -0.3 is 19.5 Å². The van der Waals surface area contributed by atoms with E-state index in [2.05, 4.69) is 21.9 Å². The topological polar surface area (TPSA) is 45.2 Å². The molecule has 23 heavy (non-hydrogen) atoms. The van der Waals surface area contributed by atoms with Crippen LogP contribution in [0.2, 0.25) is 0 Å². The van der Waals surface area contributed by atoms with E-state index in [1.165, 1.54) is 5.69 Å². The molecule has 1 aliphatic heterocycles. The normalized spacial score (nSPS) is 18.0. The Morgan fingerprint density at radius 1 is 1.09 bits per heavy atom. The molecule has 5 heteroatoms. The van der Waals surface area contributed by atoms with Crippen molar-refractivity contribution < 1.29 is 14.6 Å². The van der Waals surface area contributed by atoms with Crippen molar-refractivity contribution in [2.24, 2.45) is 0 Å². The quantitative estimate of drug-likeness (QED) is 0.868. The third-order valence-corrected chi connectivity index (χ3v) is 3.99. The molecule has 1 aromatic carbocycles. The smallest absolute Gasteiger partial charge is 0.119 e. The largest absolute Gasteiger partial charge is 0.497 e. The van der Waals surface area contributed by atoms with E-state index in [4.69, 9.17) is 9.47 Å². The minimum Gasteiger partial charge on any atom is -0.497 e. The first kappa shape index (κ1) is 18.0. The van der Waals surface area contributed by atoms with E-state index in [1.807, 2.05) is 32.9 Å². The van der Waals surface area contributed by atoms with Gasteiger partial charge in [-0.05, 0) is 45.0 Å². The fourth-order valence-electron chi connectivity index (χ4n) is 2.68. The van der Waals surface area contributed by atoms with Gasteiger partial charge >= 0.3 is 0 Å². The van der Waals surface area contributed by atoms with E-state index in [9.17, 15) is 5.11 Å². The predicted molar refractivity (Wildman–Crippen MR) is 93.4 cm³/mol. The van der Waals surface area contributed by atoms with Gasteiger partial charge in [-0.3, -0.25) is 4.90 Å². The van der Waals surface area contributed by atoms with Gasteiger partial charge in [0.2, 0.25) is 0 Å². The molecule has 1 fully saturated rings. The molecule has 0 unspecified atom stereocenters. The highest BCUT2D eigenvalue weighted by Gasteiger charge is 2.21. The molecular weight excluding hydrogens is 292 g/mol. The van der Waals surface area contributed by atoms with Crippen LogP contribution >= 0.6 is 0 Å². The molecule has 0 aliphatic carbocycles. The summed E-state index contributed by atoms with van der Waals surface area (Å²) in [6, 6.07) is 8.19. The number of benzene rings is 1. The number of nitrogens with zero attached hydrogens (tertiary/aromatic N) is 2. The van der Waals surface area contributed by atoms with Crippen LogP contribution in [0.1, 0.15) is 20.8 Å². The number of hydrogen-bond acceptors (Lipinski definition) is 5. The van der Waals surface area contributed by atoms with Crippen LogP contribution in [0.25, 0.3) is 0 Å². The van der Waals surface area contributed by atoms with Crippen LogP contribution in [0.4, 0.5) is 5.69 Å². The second-order valence-electron chi connectivity index (χ2n) is 7.06. The number of aliphatic hydroxyl groups is 1. The molecule has 2 rings (SSSR count). The van der Waals surface area contributed by atoms with E-state index < -0.39 is 6.10 Å². The molecule has 1 N–H and O–H groups in total. The molecular formula is C18H30N2O3. The lowest BCUT2D eigenvalue weighted by Gasteiger charge is -2.37. The van der Waals surface area contributed by atoms with Crippen LogP contribution < -0.4 is 9.64 Å². The maximum absolute atomic E-state index is 10.1. The van der Waals surface area contributed by atoms with E-state index in [0.29, 0.717) is 13.2 Å². The van der Waals surface area contributed by atoms with Crippen molar-refractivity contribution >= 4 is 5.69 Å². The standard InChI is InChI=1S/C18H30N2O3/c1-18(2,3)23-14-16(21)13-19-9-11-20(12-10-19)15-5-7-17(22-4)8-6-15/h5-8,16,21H,9-14H2,1-4H3/t16-/m0/s1. The molecule has 5 nitrogen and oxygen atoms in total. The summed E-state index contributed by atoms with van der Waals surface area (Å²) >= 11 is 0. The van der Waals surface area contributed by atoms with Crippen molar-refractivity contribution in [1.82, 2.24) is 4.90 Å². The van der Waals surface area contributed by atoms with Crippen molar-refractivity contribution in [2.45, 2.75) is 32.5 Å². The first-order chi connectivity index (χ1) is 10.9. The second-order valence-corrected chi connectivity index (χ2v) is 7.06. The van der Waals surface area contributed by atoms with Crippen molar-refractivity contribution in [3.05, 3.63) is 24.3 Å². The number of β-amino-alcohol motifs (C(OH)–C–C–N with tert-alkyl or cyclic N) is 1. The molecule has 1 atom stereocenters. The van der Waals surface area contributed by atoms with Gasteiger partial charge in [0.1, 0.15) is 5.75 Å². The molecule has 0 radical (unpaired) electrons. The zero-order chi connectivity index (χ0) is 16.9. The van der Waals surface area contributed by atoms with E-state index >= 15 is 0 Å². The van der Waals surface area contributed by atoms with Crippen molar-refractivity contribution in [3.63, 3.8) is 0 Å². The van der Waals surface area contributed by atoms with Crippen molar-refractivity contribution in [3.8, 4) is 5.75 Å². The fourth-order valence-corrected chi connectivity index (χ4v) is 2.68. The molecule has 0 bridgehead atoms. The van der Waals surface area contributed by atoms with Crippen LogP contribution in [0.3, 0.4) is 0 Å². The molecule has 1 heterocycles. The summed E-state index contributed by atoms with van der Waals surface area (Å²) in [7, 11) is 1.68. The van der Waals surface area contributed by atoms with Gasteiger partial charge in [0.05, 0.1) is 25.4 Å². The monoisotopic (exact) mass is 322 g/mol. The Hall–Kier alpha value is -1.30. The molecule has 0 amide bonds. The highest BCUT2D eigenvalue weighted by atomic mass is 16.5. The maximum Gasteiger partial charge on any atom is 0.119 e. The fraction of sp³-hybridized carbons (Fsp3) is 0.667.